The molecular weight excluding hydrogens is 260 g/mol. The summed E-state index contributed by atoms with van der Waals surface area (Å²) < 4.78 is 5.76. The zero-order chi connectivity index (χ0) is 15.9. The van der Waals surface area contributed by atoms with Crippen molar-refractivity contribution in [1.82, 2.24) is 10.2 Å². The summed E-state index contributed by atoms with van der Waals surface area (Å²) in [4.78, 5) is 2.65. The molecule has 3 nitrogen and oxygen atoms in total. The largest absolute Gasteiger partial charge is 0.378 e. The Kier molecular flexibility index (Phi) is 7.66. The second-order valence-corrected chi connectivity index (χ2v) is 8.10. The molecule has 1 aliphatic rings. The molecule has 1 unspecified atom stereocenters. The molecule has 0 amide bonds. The molecule has 0 spiro atoms. The Bertz CT molecular complexity index is 279. The number of piperidine rings is 1. The fourth-order valence-corrected chi connectivity index (χ4v) is 3.32. The zero-order valence-corrected chi connectivity index (χ0v) is 15.3. The van der Waals surface area contributed by atoms with Crippen LogP contribution in [0.4, 0.5) is 0 Å². The lowest BCUT2D eigenvalue weighted by Gasteiger charge is -2.40. The molecule has 1 N–H and O–H groups in total. The molecule has 1 aliphatic heterocycles. The number of rotatable bonds is 8. The Morgan fingerprint density at radius 1 is 1.10 bits per heavy atom. The van der Waals surface area contributed by atoms with Gasteiger partial charge in [0.05, 0.1) is 6.10 Å². The highest BCUT2D eigenvalue weighted by Gasteiger charge is 2.30. The van der Waals surface area contributed by atoms with Crippen LogP contribution in [0.5, 0.6) is 0 Å². The first-order chi connectivity index (χ1) is 9.78. The van der Waals surface area contributed by atoms with Crippen LogP contribution in [0.15, 0.2) is 0 Å². The van der Waals surface area contributed by atoms with Crippen LogP contribution in [0.25, 0.3) is 0 Å². The van der Waals surface area contributed by atoms with Crippen molar-refractivity contribution in [2.75, 3.05) is 32.8 Å². The van der Waals surface area contributed by atoms with Gasteiger partial charge < -0.3 is 15.0 Å². The van der Waals surface area contributed by atoms with Crippen molar-refractivity contribution in [2.24, 2.45) is 5.41 Å². The first-order valence-corrected chi connectivity index (χ1v) is 8.87. The fraction of sp³-hybridized carbons (Fsp3) is 1.00. The normalized spacial score (nSPS) is 21.4. The van der Waals surface area contributed by atoms with Gasteiger partial charge in [-0.3, -0.25) is 0 Å². The van der Waals surface area contributed by atoms with Crippen molar-refractivity contribution < 1.29 is 4.74 Å². The molecule has 0 saturated carbocycles. The van der Waals surface area contributed by atoms with Crippen LogP contribution in [0.1, 0.15) is 67.2 Å². The van der Waals surface area contributed by atoms with Gasteiger partial charge in [0.1, 0.15) is 0 Å². The highest BCUT2D eigenvalue weighted by Crippen LogP contribution is 2.27. The third-order valence-corrected chi connectivity index (χ3v) is 4.44. The van der Waals surface area contributed by atoms with E-state index in [2.05, 4.69) is 51.8 Å². The Morgan fingerprint density at radius 2 is 1.71 bits per heavy atom. The van der Waals surface area contributed by atoms with E-state index < -0.39 is 0 Å². The highest BCUT2D eigenvalue weighted by atomic mass is 16.5. The quantitative estimate of drug-likeness (QED) is 0.740. The van der Waals surface area contributed by atoms with E-state index in [1.54, 1.807) is 0 Å². The van der Waals surface area contributed by atoms with Crippen LogP contribution in [0.3, 0.4) is 0 Å². The van der Waals surface area contributed by atoms with Crippen LogP contribution < -0.4 is 5.32 Å². The molecule has 126 valence electrons. The minimum absolute atomic E-state index is 0.205. The molecule has 0 radical (unpaired) electrons. The van der Waals surface area contributed by atoms with E-state index in [4.69, 9.17) is 4.74 Å². The maximum absolute atomic E-state index is 5.76. The number of ether oxygens (including phenoxy) is 1. The van der Waals surface area contributed by atoms with Gasteiger partial charge in [-0.15, -0.1) is 0 Å². The lowest BCUT2D eigenvalue weighted by atomic mass is 9.83. The maximum Gasteiger partial charge on any atom is 0.0599 e. The number of likely N-dealkylation sites (tertiary alicyclic amines) is 1. The van der Waals surface area contributed by atoms with E-state index in [0.29, 0.717) is 11.5 Å². The lowest BCUT2D eigenvalue weighted by Crippen LogP contribution is -2.49. The number of hydrogen-bond donors (Lipinski definition) is 1. The van der Waals surface area contributed by atoms with Crippen LogP contribution in [-0.4, -0.2) is 49.3 Å². The monoisotopic (exact) mass is 298 g/mol. The van der Waals surface area contributed by atoms with Crippen molar-refractivity contribution in [2.45, 2.75) is 78.9 Å². The highest BCUT2D eigenvalue weighted by molar-refractivity contribution is 4.85. The number of nitrogens with zero attached hydrogens (tertiary/aromatic N) is 1. The molecular formula is C18H38N2O. The Balaban J connectivity index is 2.46. The van der Waals surface area contributed by atoms with Gasteiger partial charge in [0.2, 0.25) is 0 Å². The SMILES string of the molecule is CCCC(C)(CNC(C)(C)C)CN1CCC(OCC)CC1. The first kappa shape index (κ1) is 18.9. The molecule has 1 atom stereocenters. The molecule has 3 heteroatoms. The molecule has 0 bridgehead atoms. The molecule has 1 fully saturated rings. The standard InChI is InChI=1S/C18H38N2O/c1-7-11-18(6,14-19-17(3,4)5)15-20-12-9-16(10-13-20)21-8-2/h16,19H,7-15H2,1-6H3. The molecule has 0 aliphatic carbocycles. The minimum atomic E-state index is 0.205. The van der Waals surface area contributed by atoms with Crippen molar-refractivity contribution in [3.63, 3.8) is 0 Å². The summed E-state index contributed by atoms with van der Waals surface area (Å²) in [6, 6.07) is 0. The summed E-state index contributed by atoms with van der Waals surface area (Å²) in [6.07, 6.45) is 5.45. The second-order valence-electron chi connectivity index (χ2n) is 8.10. The van der Waals surface area contributed by atoms with Crippen molar-refractivity contribution in [3.8, 4) is 0 Å². The Morgan fingerprint density at radius 3 is 2.19 bits per heavy atom. The summed E-state index contributed by atoms with van der Waals surface area (Å²) in [5.41, 5.74) is 0.581. The van der Waals surface area contributed by atoms with Gasteiger partial charge in [0.25, 0.3) is 0 Å². The molecule has 0 aromatic carbocycles. The van der Waals surface area contributed by atoms with Gasteiger partial charge in [-0.05, 0) is 52.4 Å². The van der Waals surface area contributed by atoms with E-state index in [-0.39, 0.29) is 5.54 Å². The van der Waals surface area contributed by atoms with Gasteiger partial charge in [-0.25, -0.2) is 0 Å². The second kappa shape index (κ2) is 8.50. The van der Waals surface area contributed by atoms with E-state index >= 15 is 0 Å². The predicted octanol–water partition coefficient (Wildman–Crippen LogP) is 3.68. The third-order valence-electron chi connectivity index (χ3n) is 4.44. The average molecular weight is 299 g/mol. The predicted molar refractivity (Wildman–Crippen MR) is 91.9 cm³/mol. The van der Waals surface area contributed by atoms with E-state index in [1.807, 2.05) is 0 Å². The molecule has 1 rings (SSSR count). The van der Waals surface area contributed by atoms with Crippen molar-refractivity contribution >= 4 is 0 Å². The van der Waals surface area contributed by atoms with Crippen LogP contribution in [0.2, 0.25) is 0 Å². The van der Waals surface area contributed by atoms with Gasteiger partial charge >= 0.3 is 0 Å². The molecule has 21 heavy (non-hydrogen) atoms. The Labute approximate surface area is 132 Å². The van der Waals surface area contributed by atoms with Crippen LogP contribution >= 0.6 is 0 Å². The molecule has 1 saturated heterocycles. The molecule has 0 aromatic rings. The number of nitrogens with one attached hydrogen (secondary N) is 1. The van der Waals surface area contributed by atoms with Crippen LogP contribution in [-0.2, 0) is 4.74 Å². The summed E-state index contributed by atoms with van der Waals surface area (Å²) in [5, 5.41) is 3.71. The van der Waals surface area contributed by atoms with Gasteiger partial charge in [-0.2, -0.15) is 0 Å². The zero-order valence-electron chi connectivity index (χ0n) is 15.3. The smallest absolute Gasteiger partial charge is 0.0599 e. The summed E-state index contributed by atoms with van der Waals surface area (Å²) in [6.45, 7) is 19.2. The first-order valence-electron chi connectivity index (χ1n) is 8.87. The number of hydrogen-bond acceptors (Lipinski definition) is 3. The Hall–Kier alpha value is -0.120. The lowest BCUT2D eigenvalue weighted by molar-refractivity contribution is 0.00398. The van der Waals surface area contributed by atoms with Gasteiger partial charge in [0, 0.05) is 38.3 Å². The fourth-order valence-electron chi connectivity index (χ4n) is 3.32. The average Bonchev–Trinajstić information content (AvgIpc) is 2.39. The van der Waals surface area contributed by atoms with Crippen molar-refractivity contribution in [3.05, 3.63) is 0 Å². The summed E-state index contributed by atoms with van der Waals surface area (Å²) in [7, 11) is 0. The van der Waals surface area contributed by atoms with Crippen LogP contribution in [0, 0.1) is 5.41 Å². The van der Waals surface area contributed by atoms with E-state index in [0.717, 1.165) is 13.2 Å². The van der Waals surface area contributed by atoms with E-state index in [9.17, 15) is 0 Å². The van der Waals surface area contributed by atoms with Crippen molar-refractivity contribution in [1.29, 1.82) is 0 Å². The topological polar surface area (TPSA) is 24.5 Å². The molecule has 0 aromatic heterocycles. The van der Waals surface area contributed by atoms with Gasteiger partial charge in [0.15, 0.2) is 0 Å². The summed E-state index contributed by atoms with van der Waals surface area (Å²) in [5.74, 6) is 0. The third kappa shape index (κ3) is 7.62. The summed E-state index contributed by atoms with van der Waals surface area (Å²) >= 11 is 0. The minimum Gasteiger partial charge on any atom is -0.378 e. The molecule has 1 heterocycles. The maximum atomic E-state index is 5.76. The van der Waals surface area contributed by atoms with E-state index in [1.165, 1.54) is 45.3 Å². The van der Waals surface area contributed by atoms with Gasteiger partial charge in [-0.1, -0.05) is 20.3 Å².